The topological polar surface area (TPSA) is 91.0 Å². The van der Waals surface area contributed by atoms with Gasteiger partial charge in [0.1, 0.15) is 5.01 Å². The second-order valence-electron chi connectivity index (χ2n) is 8.65. The number of rotatable bonds is 5. The highest BCUT2D eigenvalue weighted by molar-refractivity contribution is 7.15. The molecule has 1 atom stereocenters. The number of amides is 2. The Morgan fingerprint density at radius 3 is 2.90 bits per heavy atom. The third kappa shape index (κ3) is 4.34. The van der Waals surface area contributed by atoms with Crippen molar-refractivity contribution in [2.24, 2.45) is 5.92 Å². The molecule has 0 unspecified atom stereocenters. The molecule has 3 heterocycles. The molecule has 0 radical (unpaired) electrons. The third-order valence-electron chi connectivity index (χ3n) is 5.26. The minimum atomic E-state index is -0.378. The van der Waals surface area contributed by atoms with Gasteiger partial charge in [0.15, 0.2) is 0 Å². The largest absolute Gasteiger partial charge is 0.361 e. The van der Waals surface area contributed by atoms with Gasteiger partial charge in [-0.1, -0.05) is 43.7 Å². The van der Waals surface area contributed by atoms with Gasteiger partial charge in [-0.3, -0.25) is 9.59 Å². The van der Waals surface area contributed by atoms with E-state index in [1.165, 1.54) is 11.3 Å². The molecule has 1 fully saturated rings. The molecule has 3 aromatic rings. The number of anilines is 1. The van der Waals surface area contributed by atoms with Crippen molar-refractivity contribution in [1.82, 2.24) is 20.1 Å². The van der Waals surface area contributed by atoms with Gasteiger partial charge in [0.25, 0.3) is 0 Å². The van der Waals surface area contributed by atoms with Gasteiger partial charge in [-0.05, 0) is 30.2 Å². The molecular weight excluding hydrogens is 422 g/mol. The number of likely N-dealkylation sites (tertiary alicyclic amines) is 1. The van der Waals surface area contributed by atoms with Crippen LogP contribution in [0.25, 0.3) is 10.9 Å². The number of hydrogen-bond acceptors (Lipinski definition) is 5. The lowest BCUT2D eigenvalue weighted by Crippen LogP contribution is -2.30. The molecule has 0 aliphatic carbocycles. The minimum absolute atomic E-state index is 0.000619. The summed E-state index contributed by atoms with van der Waals surface area (Å²) in [6.45, 7) is 7.13. The van der Waals surface area contributed by atoms with Crippen molar-refractivity contribution in [1.29, 1.82) is 0 Å². The van der Waals surface area contributed by atoms with Gasteiger partial charge < -0.3 is 15.2 Å². The van der Waals surface area contributed by atoms with E-state index in [9.17, 15) is 9.59 Å². The maximum absolute atomic E-state index is 12.6. The van der Waals surface area contributed by atoms with Crippen LogP contribution in [-0.2, 0) is 21.4 Å². The van der Waals surface area contributed by atoms with E-state index in [1.807, 2.05) is 45.2 Å². The Morgan fingerprint density at radius 2 is 2.17 bits per heavy atom. The number of aromatic amines is 1. The van der Waals surface area contributed by atoms with Crippen molar-refractivity contribution in [3.8, 4) is 0 Å². The average Bonchev–Trinajstić information content (AvgIpc) is 3.38. The fourth-order valence-corrected chi connectivity index (χ4v) is 4.54. The first-order valence-corrected chi connectivity index (χ1v) is 11.1. The zero-order chi connectivity index (χ0) is 21.5. The molecule has 0 saturated carbocycles. The molecule has 7 nitrogen and oxygen atoms in total. The monoisotopic (exact) mass is 445 g/mol. The number of H-pyrrole nitrogens is 1. The lowest BCUT2D eigenvalue weighted by atomic mass is 9.98. The maximum Gasteiger partial charge on any atom is 0.231 e. The van der Waals surface area contributed by atoms with Crippen molar-refractivity contribution in [2.75, 3.05) is 18.4 Å². The van der Waals surface area contributed by atoms with Gasteiger partial charge in [0.05, 0.1) is 5.92 Å². The summed E-state index contributed by atoms with van der Waals surface area (Å²) in [5, 5.41) is 14.1. The molecule has 1 saturated heterocycles. The van der Waals surface area contributed by atoms with Crippen LogP contribution in [0.5, 0.6) is 0 Å². The number of nitrogens with one attached hydrogen (secondary N) is 2. The highest BCUT2D eigenvalue weighted by Crippen LogP contribution is 2.29. The predicted octanol–water partition coefficient (Wildman–Crippen LogP) is 4.00. The average molecular weight is 446 g/mol. The molecule has 1 aliphatic heterocycles. The van der Waals surface area contributed by atoms with Crippen molar-refractivity contribution in [2.45, 2.75) is 39.0 Å². The molecule has 2 N–H and O–H groups in total. The number of hydrogen-bond donors (Lipinski definition) is 2. The molecule has 2 amide bonds. The van der Waals surface area contributed by atoms with Crippen molar-refractivity contribution >= 4 is 50.8 Å². The number of aromatic nitrogens is 3. The fourth-order valence-electron chi connectivity index (χ4n) is 3.56. The Hall–Kier alpha value is -2.45. The Balaban J connectivity index is 1.36. The van der Waals surface area contributed by atoms with Gasteiger partial charge in [-0.25, -0.2) is 0 Å². The Kier molecular flexibility index (Phi) is 5.55. The molecule has 1 aliphatic rings. The molecule has 1 aromatic carbocycles. The zero-order valence-corrected chi connectivity index (χ0v) is 18.7. The predicted molar refractivity (Wildman–Crippen MR) is 119 cm³/mol. The third-order valence-corrected chi connectivity index (χ3v) is 6.76. The summed E-state index contributed by atoms with van der Waals surface area (Å²) in [6.07, 6.45) is 2.87. The van der Waals surface area contributed by atoms with E-state index in [0.29, 0.717) is 29.7 Å². The molecule has 9 heteroatoms. The number of benzene rings is 1. The van der Waals surface area contributed by atoms with E-state index in [0.717, 1.165) is 21.5 Å². The number of fused-ring (bicyclic) bond motifs is 1. The Bertz CT molecular complexity index is 1100. The van der Waals surface area contributed by atoms with Crippen LogP contribution in [0.15, 0.2) is 24.4 Å². The van der Waals surface area contributed by atoms with E-state index in [4.69, 9.17) is 11.6 Å². The van der Waals surface area contributed by atoms with E-state index in [2.05, 4.69) is 20.5 Å². The summed E-state index contributed by atoms with van der Waals surface area (Å²) in [6, 6.07) is 5.72. The number of nitrogens with zero attached hydrogens (tertiary/aromatic N) is 3. The summed E-state index contributed by atoms with van der Waals surface area (Å²) >= 11 is 7.49. The number of carbonyl (C=O) groups is 2. The van der Waals surface area contributed by atoms with E-state index < -0.39 is 0 Å². The molecular formula is C21H24ClN5O2S. The van der Waals surface area contributed by atoms with Crippen LogP contribution >= 0.6 is 22.9 Å². The van der Waals surface area contributed by atoms with Gasteiger partial charge in [0, 0.05) is 47.0 Å². The van der Waals surface area contributed by atoms with Crippen LogP contribution in [0.3, 0.4) is 0 Å². The van der Waals surface area contributed by atoms with E-state index in [1.54, 1.807) is 4.90 Å². The summed E-state index contributed by atoms with van der Waals surface area (Å²) in [7, 11) is 0. The molecule has 158 valence electrons. The first kappa shape index (κ1) is 20.8. The van der Waals surface area contributed by atoms with Gasteiger partial charge in [-0.15, -0.1) is 10.2 Å². The minimum Gasteiger partial charge on any atom is -0.361 e. The molecule has 2 aromatic heterocycles. The SMILES string of the molecule is CC(C)(C)c1nnc(NC(=O)[C@H]2CC(=O)N(CCc3c[nH]c4ccc(Cl)cc34)C2)s1. The first-order valence-electron chi connectivity index (χ1n) is 9.89. The molecule has 0 spiro atoms. The standard InChI is InChI=1S/C21H24ClN5O2S/c1-21(2,3)19-25-26-20(30-19)24-18(29)13-8-17(28)27(11-13)7-6-12-10-23-16-5-4-14(22)9-15(12)16/h4-5,9-10,13,23H,6-8,11H2,1-3H3,(H,24,26,29)/t13-/m0/s1. The molecule has 30 heavy (non-hydrogen) atoms. The van der Waals surface area contributed by atoms with Crippen LogP contribution in [0.1, 0.15) is 37.8 Å². The van der Waals surface area contributed by atoms with Crippen molar-refractivity contribution < 1.29 is 9.59 Å². The Labute approximate surface area is 183 Å². The maximum atomic E-state index is 12.6. The fraction of sp³-hybridized carbons (Fsp3) is 0.429. The van der Waals surface area contributed by atoms with Crippen LogP contribution in [0, 0.1) is 5.92 Å². The van der Waals surface area contributed by atoms with Gasteiger partial charge >= 0.3 is 0 Å². The van der Waals surface area contributed by atoms with Crippen LogP contribution in [0.2, 0.25) is 5.02 Å². The number of halogens is 1. The van der Waals surface area contributed by atoms with E-state index >= 15 is 0 Å². The molecule has 0 bridgehead atoms. The summed E-state index contributed by atoms with van der Waals surface area (Å²) in [5.41, 5.74) is 2.01. The highest BCUT2D eigenvalue weighted by atomic mass is 35.5. The van der Waals surface area contributed by atoms with Crippen LogP contribution < -0.4 is 5.32 Å². The zero-order valence-electron chi connectivity index (χ0n) is 17.2. The first-order chi connectivity index (χ1) is 14.2. The highest BCUT2D eigenvalue weighted by Gasteiger charge is 2.34. The summed E-state index contributed by atoms with van der Waals surface area (Å²) < 4.78 is 0. The molecule has 4 rings (SSSR count). The van der Waals surface area contributed by atoms with E-state index in [-0.39, 0.29) is 29.6 Å². The second-order valence-corrected chi connectivity index (χ2v) is 10.1. The van der Waals surface area contributed by atoms with Gasteiger partial charge in [0.2, 0.25) is 16.9 Å². The lowest BCUT2D eigenvalue weighted by Gasteiger charge is -2.16. The quantitative estimate of drug-likeness (QED) is 0.621. The van der Waals surface area contributed by atoms with Gasteiger partial charge in [-0.2, -0.15) is 0 Å². The second kappa shape index (κ2) is 8.00. The summed E-state index contributed by atoms with van der Waals surface area (Å²) in [5.74, 6) is -0.557. The normalized spacial score (nSPS) is 17.1. The van der Waals surface area contributed by atoms with Crippen LogP contribution in [0.4, 0.5) is 5.13 Å². The summed E-state index contributed by atoms with van der Waals surface area (Å²) in [4.78, 5) is 30.1. The number of carbonyl (C=O) groups excluding carboxylic acids is 2. The van der Waals surface area contributed by atoms with Crippen molar-refractivity contribution in [3.63, 3.8) is 0 Å². The Morgan fingerprint density at radius 1 is 1.37 bits per heavy atom. The smallest absolute Gasteiger partial charge is 0.231 e. The van der Waals surface area contributed by atoms with Crippen molar-refractivity contribution in [3.05, 3.63) is 40.0 Å². The lowest BCUT2D eigenvalue weighted by molar-refractivity contribution is -0.128. The van der Waals surface area contributed by atoms with Crippen LogP contribution in [-0.4, -0.2) is 45.0 Å².